The molecule has 1 aliphatic heterocycles. The predicted molar refractivity (Wildman–Crippen MR) is 65.3 cm³/mol. The molecule has 92 valence electrons. The van der Waals surface area contributed by atoms with Gasteiger partial charge in [-0.2, -0.15) is 0 Å². The van der Waals surface area contributed by atoms with E-state index < -0.39 is 6.10 Å². The number of benzene rings is 1. The summed E-state index contributed by atoms with van der Waals surface area (Å²) in [5.74, 6) is 0.597. The molecular formula is C13H17NO3. The minimum absolute atomic E-state index is 0.304. The highest BCUT2D eigenvalue weighted by atomic mass is 16.5. The molecule has 0 saturated heterocycles. The Morgan fingerprint density at radius 1 is 1.53 bits per heavy atom. The molecular weight excluding hydrogens is 218 g/mol. The second-order valence-corrected chi connectivity index (χ2v) is 4.32. The van der Waals surface area contributed by atoms with Crippen molar-refractivity contribution in [3.8, 4) is 5.75 Å². The fourth-order valence-electron chi connectivity index (χ4n) is 1.96. The first-order valence-electron chi connectivity index (χ1n) is 5.81. The summed E-state index contributed by atoms with van der Waals surface area (Å²) in [4.78, 5) is 13.1. The van der Waals surface area contributed by atoms with Gasteiger partial charge in [-0.15, -0.1) is 0 Å². The molecule has 1 aromatic carbocycles. The predicted octanol–water partition coefficient (Wildman–Crippen LogP) is 1.36. The smallest absolute Gasteiger partial charge is 0.255 e. The highest BCUT2D eigenvalue weighted by Crippen LogP contribution is 2.28. The van der Waals surface area contributed by atoms with Crippen LogP contribution in [0.15, 0.2) is 18.2 Å². The van der Waals surface area contributed by atoms with E-state index in [0.717, 1.165) is 36.4 Å². The molecule has 0 aliphatic carbocycles. The third kappa shape index (κ3) is 2.42. The highest BCUT2D eigenvalue weighted by Gasteiger charge is 2.18. The second kappa shape index (κ2) is 4.75. The number of nitrogens with zero attached hydrogens (tertiary/aromatic N) is 1. The molecule has 0 spiro atoms. The number of likely N-dealkylation sites (N-methyl/N-ethyl adjacent to an activating group) is 1. The van der Waals surface area contributed by atoms with Crippen LogP contribution in [0.25, 0.3) is 0 Å². The quantitative estimate of drug-likeness (QED) is 0.842. The maximum atomic E-state index is 11.7. The van der Waals surface area contributed by atoms with Crippen molar-refractivity contribution in [2.75, 3.05) is 18.6 Å². The number of hydrogen-bond acceptors (Lipinski definition) is 3. The van der Waals surface area contributed by atoms with E-state index in [-0.39, 0.29) is 5.91 Å². The number of fused-ring (bicyclic) bond motifs is 1. The van der Waals surface area contributed by atoms with E-state index in [1.807, 2.05) is 18.2 Å². The zero-order valence-corrected chi connectivity index (χ0v) is 10.1. The molecule has 1 aromatic rings. The number of rotatable bonds is 2. The van der Waals surface area contributed by atoms with E-state index in [1.54, 1.807) is 7.05 Å². The van der Waals surface area contributed by atoms with Crippen LogP contribution in [0.3, 0.4) is 0 Å². The van der Waals surface area contributed by atoms with E-state index in [0.29, 0.717) is 0 Å². The Morgan fingerprint density at radius 2 is 2.29 bits per heavy atom. The SMILES string of the molecule is CC(O)C(=O)N(C)c1ccc2c(c1)CCCO2. The van der Waals surface area contributed by atoms with Crippen LogP contribution in [0.5, 0.6) is 5.75 Å². The van der Waals surface area contributed by atoms with Gasteiger partial charge >= 0.3 is 0 Å². The summed E-state index contributed by atoms with van der Waals surface area (Å²) in [6, 6.07) is 5.68. The monoisotopic (exact) mass is 235 g/mol. The zero-order chi connectivity index (χ0) is 12.4. The van der Waals surface area contributed by atoms with Gasteiger partial charge in [-0.1, -0.05) is 0 Å². The van der Waals surface area contributed by atoms with Crippen LogP contribution in [0.2, 0.25) is 0 Å². The lowest BCUT2D eigenvalue weighted by atomic mass is 10.1. The van der Waals surface area contributed by atoms with Crippen molar-refractivity contribution < 1.29 is 14.6 Å². The van der Waals surface area contributed by atoms with Crippen molar-refractivity contribution in [1.29, 1.82) is 0 Å². The van der Waals surface area contributed by atoms with E-state index in [1.165, 1.54) is 11.8 Å². The molecule has 2 rings (SSSR count). The molecule has 0 radical (unpaired) electrons. The van der Waals surface area contributed by atoms with E-state index in [2.05, 4.69) is 0 Å². The van der Waals surface area contributed by atoms with E-state index in [9.17, 15) is 9.90 Å². The van der Waals surface area contributed by atoms with Gasteiger partial charge in [0, 0.05) is 12.7 Å². The Labute approximate surface area is 101 Å². The normalized spacial score (nSPS) is 15.7. The molecule has 0 saturated carbocycles. The molecule has 1 heterocycles. The number of aliphatic hydroxyl groups excluding tert-OH is 1. The largest absolute Gasteiger partial charge is 0.493 e. The lowest BCUT2D eigenvalue weighted by molar-refractivity contribution is -0.125. The van der Waals surface area contributed by atoms with E-state index >= 15 is 0 Å². The Bertz CT molecular complexity index is 429. The first-order valence-corrected chi connectivity index (χ1v) is 5.81. The summed E-state index contributed by atoms with van der Waals surface area (Å²) >= 11 is 0. The average Bonchev–Trinajstić information content (AvgIpc) is 2.36. The summed E-state index contributed by atoms with van der Waals surface area (Å²) < 4.78 is 5.51. The third-order valence-electron chi connectivity index (χ3n) is 2.97. The Kier molecular flexibility index (Phi) is 3.33. The summed E-state index contributed by atoms with van der Waals surface area (Å²) in [5, 5.41) is 9.28. The molecule has 0 fully saturated rings. The molecule has 1 atom stereocenters. The van der Waals surface area contributed by atoms with Gasteiger partial charge < -0.3 is 14.7 Å². The summed E-state index contributed by atoms with van der Waals surface area (Å²) in [5.41, 5.74) is 1.92. The fourth-order valence-corrected chi connectivity index (χ4v) is 1.96. The second-order valence-electron chi connectivity index (χ2n) is 4.32. The lowest BCUT2D eigenvalue weighted by Gasteiger charge is -2.22. The number of aryl methyl sites for hydroxylation is 1. The molecule has 1 N–H and O–H groups in total. The lowest BCUT2D eigenvalue weighted by Crippen LogP contribution is -2.34. The maximum Gasteiger partial charge on any atom is 0.255 e. The standard InChI is InChI=1S/C13H17NO3/c1-9(15)13(16)14(2)11-5-6-12-10(8-11)4-3-7-17-12/h5-6,8-9,15H,3-4,7H2,1-2H3. The molecule has 0 aromatic heterocycles. The van der Waals surface area contributed by atoms with Crippen LogP contribution in [0, 0.1) is 0 Å². The van der Waals surface area contributed by atoms with Gasteiger partial charge in [0.25, 0.3) is 5.91 Å². The maximum absolute atomic E-state index is 11.7. The van der Waals surface area contributed by atoms with Crippen molar-refractivity contribution in [1.82, 2.24) is 0 Å². The molecule has 4 nitrogen and oxygen atoms in total. The molecule has 0 bridgehead atoms. The van der Waals surface area contributed by atoms with Gasteiger partial charge in [-0.05, 0) is 43.5 Å². The van der Waals surface area contributed by atoms with Crippen LogP contribution in [-0.2, 0) is 11.2 Å². The number of aliphatic hydroxyl groups is 1. The number of carbonyl (C=O) groups is 1. The van der Waals surface area contributed by atoms with Crippen LogP contribution >= 0.6 is 0 Å². The first-order chi connectivity index (χ1) is 8.09. The summed E-state index contributed by atoms with van der Waals surface area (Å²) in [6.07, 6.45) is 0.997. The Morgan fingerprint density at radius 3 is 3.00 bits per heavy atom. The zero-order valence-electron chi connectivity index (χ0n) is 10.1. The molecule has 4 heteroatoms. The number of amides is 1. The fraction of sp³-hybridized carbons (Fsp3) is 0.462. The number of hydrogen-bond donors (Lipinski definition) is 1. The van der Waals surface area contributed by atoms with Gasteiger partial charge in [0.15, 0.2) is 0 Å². The molecule has 17 heavy (non-hydrogen) atoms. The van der Waals surface area contributed by atoms with Gasteiger partial charge in [-0.25, -0.2) is 0 Å². The van der Waals surface area contributed by atoms with Crippen LogP contribution < -0.4 is 9.64 Å². The van der Waals surface area contributed by atoms with Gasteiger partial charge in [0.05, 0.1) is 6.61 Å². The van der Waals surface area contributed by atoms with Gasteiger partial charge in [0.2, 0.25) is 0 Å². The summed E-state index contributed by atoms with van der Waals surface area (Å²) in [7, 11) is 1.67. The van der Waals surface area contributed by atoms with Crippen molar-refractivity contribution in [3.05, 3.63) is 23.8 Å². The number of ether oxygens (including phenoxy) is 1. The van der Waals surface area contributed by atoms with Crippen molar-refractivity contribution >= 4 is 11.6 Å². The van der Waals surface area contributed by atoms with Gasteiger partial charge in [-0.3, -0.25) is 4.79 Å². The number of carbonyl (C=O) groups excluding carboxylic acids is 1. The minimum Gasteiger partial charge on any atom is -0.493 e. The Hall–Kier alpha value is -1.55. The van der Waals surface area contributed by atoms with Crippen LogP contribution in [-0.4, -0.2) is 30.8 Å². The van der Waals surface area contributed by atoms with Crippen molar-refractivity contribution in [3.63, 3.8) is 0 Å². The average molecular weight is 235 g/mol. The van der Waals surface area contributed by atoms with Gasteiger partial charge in [0.1, 0.15) is 11.9 Å². The third-order valence-corrected chi connectivity index (χ3v) is 2.97. The Balaban J connectivity index is 2.24. The summed E-state index contributed by atoms with van der Waals surface area (Å²) in [6.45, 7) is 2.23. The van der Waals surface area contributed by atoms with E-state index in [4.69, 9.17) is 4.74 Å². The highest BCUT2D eigenvalue weighted by molar-refractivity contribution is 5.95. The number of anilines is 1. The molecule has 1 amide bonds. The topological polar surface area (TPSA) is 49.8 Å². The van der Waals surface area contributed by atoms with Crippen molar-refractivity contribution in [2.24, 2.45) is 0 Å². The van der Waals surface area contributed by atoms with Crippen LogP contribution in [0.1, 0.15) is 18.9 Å². The molecule has 1 unspecified atom stereocenters. The van der Waals surface area contributed by atoms with Crippen molar-refractivity contribution in [2.45, 2.75) is 25.9 Å². The first kappa shape index (κ1) is 11.9. The molecule has 1 aliphatic rings. The van der Waals surface area contributed by atoms with Crippen LogP contribution in [0.4, 0.5) is 5.69 Å². The minimum atomic E-state index is -0.979.